The topological polar surface area (TPSA) is 88.7 Å². The summed E-state index contributed by atoms with van der Waals surface area (Å²) in [4.78, 5) is 17.5. The van der Waals surface area contributed by atoms with E-state index in [9.17, 15) is 9.18 Å². The predicted molar refractivity (Wildman–Crippen MR) is 99.9 cm³/mol. The molecule has 28 heavy (non-hydrogen) atoms. The standard InChI is InChI=1S/C20H18FN3O4/c1-12-10-14(3-5-17(12)24-6-8-27-9-7-24)19-22-18(23-28-19)13-2-4-15(20(25)26)16(21)11-13/h2-5,10-11H,6-9H2,1H3,(H,25,26). The number of carboxylic acids is 1. The Labute approximate surface area is 160 Å². The summed E-state index contributed by atoms with van der Waals surface area (Å²) in [5.74, 6) is -1.66. The molecule has 3 aromatic rings. The average molecular weight is 383 g/mol. The molecule has 4 rings (SSSR count). The molecule has 8 heteroatoms. The van der Waals surface area contributed by atoms with E-state index in [1.54, 1.807) is 0 Å². The lowest BCUT2D eigenvalue weighted by atomic mass is 10.1. The first-order valence-corrected chi connectivity index (χ1v) is 8.83. The third kappa shape index (κ3) is 3.46. The van der Waals surface area contributed by atoms with Crippen LogP contribution in [-0.2, 0) is 4.74 Å². The second-order valence-electron chi connectivity index (χ2n) is 6.52. The maximum atomic E-state index is 13.9. The number of halogens is 1. The molecule has 0 saturated carbocycles. The second kappa shape index (κ2) is 7.40. The van der Waals surface area contributed by atoms with Gasteiger partial charge in [0, 0.05) is 29.9 Å². The minimum Gasteiger partial charge on any atom is -0.478 e. The van der Waals surface area contributed by atoms with Gasteiger partial charge in [0.25, 0.3) is 5.89 Å². The number of aromatic nitrogens is 2. The van der Waals surface area contributed by atoms with Crippen LogP contribution < -0.4 is 4.90 Å². The highest BCUT2D eigenvalue weighted by Gasteiger charge is 2.17. The molecule has 0 unspecified atom stereocenters. The van der Waals surface area contributed by atoms with Crippen molar-refractivity contribution in [1.29, 1.82) is 0 Å². The van der Waals surface area contributed by atoms with Crippen molar-refractivity contribution < 1.29 is 23.6 Å². The molecule has 144 valence electrons. The van der Waals surface area contributed by atoms with Crippen LogP contribution in [0.1, 0.15) is 15.9 Å². The Kier molecular flexibility index (Phi) is 4.79. The molecule has 0 spiro atoms. The number of carbonyl (C=O) groups is 1. The van der Waals surface area contributed by atoms with E-state index in [-0.39, 0.29) is 5.82 Å². The average Bonchev–Trinajstić information content (AvgIpc) is 3.18. The van der Waals surface area contributed by atoms with Gasteiger partial charge in [-0.15, -0.1) is 0 Å². The van der Waals surface area contributed by atoms with Crippen molar-refractivity contribution in [2.24, 2.45) is 0 Å². The Morgan fingerprint density at radius 3 is 2.57 bits per heavy atom. The van der Waals surface area contributed by atoms with Crippen molar-refractivity contribution in [1.82, 2.24) is 10.1 Å². The van der Waals surface area contributed by atoms with Gasteiger partial charge in [0.2, 0.25) is 5.82 Å². The highest BCUT2D eigenvalue weighted by atomic mass is 19.1. The molecule has 1 aliphatic rings. The quantitative estimate of drug-likeness (QED) is 0.739. The Morgan fingerprint density at radius 1 is 1.14 bits per heavy atom. The van der Waals surface area contributed by atoms with Crippen LogP contribution >= 0.6 is 0 Å². The molecular formula is C20H18FN3O4. The van der Waals surface area contributed by atoms with Crippen LogP contribution in [0, 0.1) is 12.7 Å². The van der Waals surface area contributed by atoms with E-state index in [4.69, 9.17) is 14.4 Å². The van der Waals surface area contributed by atoms with Crippen molar-refractivity contribution in [3.63, 3.8) is 0 Å². The number of nitrogens with zero attached hydrogens (tertiary/aromatic N) is 3. The van der Waals surface area contributed by atoms with Gasteiger partial charge in [0.05, 0.1) is 18.8 Å². The number of hydrogen-bond donors (Lipinski definition) is 1. The molecule has 1 N–H and O–H groups in total. The molecule has 0 amide bonds. The van der Waals surface area contributed by atoms with Gasteiger partial charge >= 0.3 is 5.97 Å². The first-order valence-electron chi connectivity index (χ1n) is 8.83. The summed E-state index contributed by atoms with van der Waals surface area (Å²) >= 11 is 0. The number of anilines is 1. The molecule has 1 aliphatic heterocycles. The number of rotatable bonds is 4. The van der Waals surface area contributed by atoms with Gasteiger partial charge in [0.1, 0.15) is 5.82 Å². The highest BCUT2D eigenvalue weighted by molar-refractivity contribution is 5.88. The van der Waals surface area contributed by atoms with E-state index in [0.29, 0.717) is 24.7 Å². The third-order valence-corrected chi connectivity index (χ3v) is 4.68. The summed E-state index contributed by atoms with van der Waals surface area (Å²) in [6, 6.07) is 9.61. The van der Waals surface area contributed by atoms with Gasteiger partial charge in [-0.25, -0.2) is 9.18 Å². The monoisotopic (exact) mass is 383 g/mol. The van der Waals surface area contributed by atoms with E-state index in [1.165, 1.54) is 12.1 Å². The number of morpholine rings is 1. The Balaban J connectivity index is 1.60. The first-order chi connectivity index (χ1) is 13.5. The van der Waals surface area contributed by atoms with Crippen molar-refractivity contribution in [3.8, 4) is 22.8 Å². The number of benzene rings is 2. The summed E-state index contributed by atoms with van der Waals surface area (Å²) < 4.78 is 24.6. The van der Waals surface area contributed by atoms with Gasteiger partial charge in [0.15, 0.2) is 0 Å². The Morgan fingerprint density at radius 2 is 1.89 bits per heavy atom. The molecular weight excluding hydrogens is 365 g/mol. The summed E-state index contributed by atoms with van der Waals surface area (Å²) in [5, 5.41) is 12.8. The lowest BCUT2D eigenvalue weighted by Crippen LogP contribution is -2.36. The number of aromatic carboxylic acids is 1. The van der Waals surface area contributed by atoms with E-state index in [0.717, 1.165) is 36.0 Å². The minimum absolute atomic E-state index is 0.195. The smallest absolute Gasteiger partial charge is 0.338 e. The molecule has 0 atom stereocenters. The van der Waals surface area contributed by atoms with Crippen molar-refractivity contribution in [3.05, 3.63) is 53.3 Å². The number of hydrogen-bond acceptors (Lipinski definition) is 6. The van der Waals surface area contributed by atoms with Gasteiger partial charge in [-0.2, -0.15) is 4.98 Å². The SMILES string of the molecule is Cc1cc(-c2nc(-c3ccc(C(=O)O)c(F)c3)no2)ccc1N1CCOCC1. The fourth-order valence-corrected chi connectivity index (χ4v) is 3.23. The van der Waals surface area contributed by atoms with Crippen LogP contribution in [0.25, 0.3) is 22.8 Å². The second-order valence-corrected chi connectivity index (χ2v) is 6.52. The zero-order valence-electron chi connectivity index (χ0n) is 15.2. The molecule has 7 nitrogen and oxygen atoms in total. The van der Waals surface area contributed by atoms with Gasteiger partial charge in [-0.05, 0) is 48.9 Å². The normalized spacial score (nSPS) is 14.3. The summed E-state index contributed by atoms with van der Waals surface area (Å²) in [6.45, 7) is 5.15. The maximum absolute atomic E-state index is 13.9. The van der Waals surface area contributed by atoms with E-state index in [1.807, 2.05) is 25.1 Å². The zero-order chi connectivity index (χ0) is 19.7. The van der Waals surface area contributed by atoms with Crippen LogP contribution in [0.2, 0.25) is 0 Å². The summed E-state index contributed by atoms with van der Waals surface area (Å²) in [6.07, 6.45) is 0. The summed E-state index contributed by atoms with van der Waals surface area (Å²) in [7, 11) is 0. The van der Waals surface area contributed by atoms with E-state index < -0.39 is 17.3 Å². The molecule has 1 aromatic heterocycles. The molecule has 2 aromatic carbocycles. The van der Waals surface area contributed by atoms with Crippen molar-refractivity contribution in [2.45, 2.75) is 6.92 Å². The highest BCUT2D eigenvalue weighted by Crippen LogP contribution is 2.28. The molecule has 0 radical (unpaired) electrons. The van der Waals surface area contributed by atoms with Crippen LogP contribution in [0.3, 0.4) is 0 Å². The third-order valence-electron chi connectivity index (χ3n) is 4.68. The van der Waals surface area contributed by atoms with E-state index >= 15 is 0 Å². The predicted octanol–water partition coefficient (Wildman–Crippen LogP) is 3.39. The van der Waals surface area contributed by atoms with Crippen LogP contribution in [-0.4, -0.2) is 47.5 Å². The Bertz CT molecular complexity index is 1030. The van der Waals surface area contributed by atoms with E-state index in [2.05, 4.69) is 15.0 Å². The lowest BCUT2D eigenvalue weighted by Gasteiger charge is -2.30. The molecule has 0 bridgehead atoms. The Hall–Kier alpha value is -3.26. The van der Waals surface area contributed by atoms with Gasteiger partial charge in [-0.1, -0.05) is 5.16 Å². The van der Waals surface area contributed by atoms with Crippen molar-refractivity contribution >= 4 is 11.7 Å². The zero-order valence-corrected chi connectivity index (χ0v) is 15.2. The summed E-state index contributed by atoms with van der Waals surface area (Å²) in [5.41, 5.74) is 2.92. The van der Waals surface area contributed by atoms with Crippen LogP contribution in [0.5, 0.6) is 0 Å². The maximum Gasteiger partial charge on any atom is 0.338 e. The number of ether oxygens (including phenoxy) is 1. The molecule has 0 aliphatic carbocycles. The van der Waals surface area contributed by atoms with Gasteiger partial charge < -0.3 is 19.3 Å². The fraction of sp³-hybridized carbons (Fsp3) is 0.250. The number of aryl methyl sites for hydroxylation is 1. The van der Waals surface area contributed by atoms with Crippen LogP contribution in [0.4, 0.5) is 10.1 Å². The fourth-order valence-electron chi connectivity index (χ4n) is 3.23. The largest absolute Gasteiger partial charge is 0.478 e. The minimum atomic E-state index is -1.33. The van der Waals surface area contributed by atoms with Gasteiger partial charge in [-0.3, -0.25) is 0 Å². The molecule has 1 fully saturated rings. The molecule has 1 saturated heterocycles. The van der Waals surface area contributed by atoms with Crippen molar-refractivity contribution in [2.75, 3.05) is 31.2 Å². The number of carboxylic acid groups (broad SMARTS) is 1. The molecule has 2 heterocycles. The van der Waals surface area contributed by atoms with Crippen LogP contribution in [0.15, 0.2) is 40.9 Å². The lowest BCUT2D eigenvalue weighted by molar-refractivity contribution is 0.0692. The first kappa shape index (κ1) is 18.1.